The Morgan fingerprint density at radius 3 is 2.42 bits per heavy atom. The third-order valence-electron chi connectivity index (χ3n) is 3.76. The highest BCUT2D eigenvalue weighted by Gasteiger charge is 2.15. The van der Waals surface area contributed by atoms with Crippen molar-refractivity contribution in [1.29, 1.82) is 0 Å². The number of hydrogen-bond donors (Lipinski definition) is 3. The number of amides is 2. The molecule has 2 aromatic carbocycles. The largest absolute Gasteiger partial charge is 0.435 e. The summed E-state index contributed by atoms with van der Waals surface area (Å²) in [6.07, 6.45) is 0. The van der Waals surface area contributed by atoms with Gasteiger partial charge in [0.15, 0.2) is 5.82 Å². The molecule has 3 aromatic rings. The molecule has 0 bridgehead atoms. The number of thioether (sulfide) groups is 1. The van der Waals surface area contributed by atoms with Crippen molar-refractivity contribution in [3.63, 3.8) is 0 Å². The molecule has 3 rings (SSSR count). The van der Waals surface area contributed by atoms with Gasteiger partial charge in [-0.05, 0) is 48.5 Å². The molecule has 1 heterocycles. The highest BCUT2D eigenvalue weighted by molar-refractivity contribution is 9.10. The standard InChI is InChI=1S/C18H15BrF2N6O3S/c19-12-5-1-11(2-6-12)16(29)25-23-14(28)9-31-18-26-24-15(27(18)22)10-3-7-13(8-4-10)30-17(20)21/h1-8,17H,9,22H2,(H,23,28)(H,25,29). The minimum absolute atomic E-state index is 0.00158. The van der Waals surface area contributed by atoms with Gasteiger partial charge in [-0.15, -0.1) is 10.2 Å². The Hall–Kier alpha value is -3.19. The van der Waals surface area contributed by atoms with Crippen LogP contribution in [0, 0.1) is 0 Å². The smallest absolute Gasteiger partial charge is 0.387 e. The van der Waals surface area contributed by atoms with Crippen LogP contribution in [0.4, 0.5) is 8.78 Å². The summed E-state index contributed by atoms with van der Waals surface area (Å²) >= 11 is 4.28. The van der Waals surface area contributed by atoms with Crippen LogP contribution >= 0.6 is 27.7 Å². The molecule has 13 heteroatoms. The van der Waals surface area contributed by atoms with Gasteiger partial charge in [0.05, 0.1) is 5.75 Å². The molecule has 0 saturated carbocycles. The summed E-state index contributed by atoms with van der Waals surface area (Å²) in [6, 6.07) is 12.3. The molecule has 2 amide bonds. The molecule has 1 aromatic heterocycles. The van der Waals surface area contributed by atoms with E-state index in [4.69, 9.17) is 5.84 Å². The van der Waals surface area contributed by atoms with E-state index in [1.54, 1.807) is 24.3 Å². The number of nitrogen functional groups attached to an aromatic ring is 1. The number of carbonyl (C=O) groups is 2. The minimum atomic E-state index is -2.92. The van der Waals surface area contributed by atoms with Crippen molar-refractivity contribution in [3.8, 4) is 17.1 Å². The highest BCUT2D eigenvalue weighted by atomic mass is 79.9. The number of hydrogen-bond acceptors (Lipinski definition) is 7. The zero-order valence-corrected chi connectivity index (χ0v) is 18.0. The molecular formula is C18H15BrF2N6O3S. The van der Waals surface area contributed by atoms with Gasteiger partial charge in [0.2, 0.25) is 11.1 Å². The summed E-state index contributed by atoms with van der Waals surface area (Å²) in [5.41, 5.74) is 5.52. The van der Waals surface area contributed by atoms with Crippen LogP contribution < -0.4 is 21.4 Å². The maximum Gasteiger partial charge on any atom is 0.387 e. The maximum atomic E-state index is 12.2. The molecule has 0 aliphatic carbocycles. The van der Waals surface area contributed by atoms with Gasteiger partial charge < -0.3 is 10.6 Å². The Labute approximate surface area is 187 Å². The van der Waals surface area contributed by atoms with Gasteiger partial charge >= 0.3 is 6.61 Å². The van der Waals surface area contributed by atoms with Gasteiger partial charge in [0.25, 0.3) is 5.91 Å². The van der Waals surface area contributed by atoms with Crippen LogP contribution in [0.25, 0.3) is 11.4 Å². The van der Waals surface area contributed by atoms with E-state index >= 15 is 0 Å². The molecule has 31 heavy (non-hydrogen) atoms. The van der Waals surface area contributed by atoms with E-state index in [-0.39, 0.29) is 22.5 Å². The molecule has 9 nitrogen and oxygen atoms in total. The number of benzene rings is 2. The fourth-order valence-corrected chi connectivity index (χ4v) is 3.24. The molecule has 0 aliphatic rings. The molecule has 0 unspecified atom stereocenters. The minimum Gasteiger partial charge on any atom is -0.435 e. The maximum absolute atomic E-state index is 12.2. The van der Waals surface area contributed by atoms with E-state index in [2.05, 4.69) is 41.7 Å². The summed E-state index contributed by atoms with van der Waals surface area (Å²) in [4.78, 5) is 24.0. The van der Waals surface area contributed by atoms with Crippen molar-refractivity contribution in [2.75, 3.05) is 11.6 Å². The summed E-state index contributed by atoms with van der Waals surface area (Å²) in [5, 5.41) is 8.11. The van der Waals surface area contributed by atoms with Crippen LogP contribution in [0.1, 0.15) is 10.4 Å². The summed E-state index contributed by atoms with van der Waals surface area (Å²) in [7, 11) is 0. The van der Waals surface area contributed by atoms with Crippen molar-refractivity contribution in [2.24, 2.45) is 0 Å². The van der Waals surface area contributed by atoms with Crippen LogP contribution in [0.15, 0.2) is 58.2 Å². The van der Waals surface area contributed by atoms with Gasteiger partial charge in [0, 0.05) is 15.6 Å². The Kier molecular flexibility index (Phi) is 7.41. The fraction of sp³-hybridized carbons (Fsp3) is 0.111. The molecular weight excluding hydrogens is 498 g/mol. The number of ether oxygens (including phenoxy) is 1. The number of aromatic nitrogens is 3. The first-order valence-corrected chi connectivity index (χ1v) is 10.3. The molecule has 4 N–H and O–H groups in total. The number of alkyl halides is 2. The van der Waals surface area contributed by atoms with E-state index in [9.17, 15) is 18.4 Å². The molecule has 0 atom stereocenters. The summed E-state index contributed by atoms with van der Waals surface area (Å²) in [6.45, 7) is -2.92. The molecule has 0 spiro atoms. The number of rotatable bonds is 7. The Bertz CT molecular complexity index is 1060. The molecule has 0 radical (unpaired) electrons. The zero-order valence-electron chi connectivity index (χ0n) is 15.6. The van der Waals surface area contributed by atoms with E-state index in [0.29, 0.717) is 11.1 Å². The van der Waals surface area contributed by atoms with E-state index < -0.39 is 18.4 Å². The molecule has 0 fully saturated rings. The van der Waals surface area contributed by atoms with Crippen LogP contribution in [-0.4, -0.2) is 39.1 Å². The second kappa shape index (κ2) is 10.2. The van der Waals surface area contributed by atoms with E-state index in [1.807, 2.05) is 0 Å². The van der Waals surface area contributed by atoms with Gasteiger partial charge in [0.1, 0.15) is 5.75 Å². The Morgan fingerprint density at radius 1 is 1.10 bits per heavy atom. The lowest BCUT2D eigenvalue weighted by Gasteiger charge is -2.08. The number of carbonyl (C=O) groups excluding carboxylic acids is 2. The predicted octanol–water partition coefficient (Wildman–Crippen LogP) is 2.58. The Morgan fingerprint density at radius 2 is 1.77 bits per heavy atom. The van der Waals surface area contributed by atoms with Crippen LogP contribution in [0.5, 0.6) is 5.75 Å². The third-order valence-corrected chi connectivity index (χ3v) is 5.23. The van der Waals surface area contributed by atoms with E-state index in [1.165, 1.54) is 28.9 Å². The highest BCUT2D eigenvalue weighted by Crippen LogP contribution is 2.24. The van der Waals surface area contributed by atoms with Gasteiger partial charge in [-0.25, -0.2) is 4.68 Å². The van der Waals surface area contributed by atoms with E-state index in [0.717, 1.165) is 16.2 Å². The molecule has 0 aliphatic heterocycles. The number of halogens is 3. The first-order chi connectivity index (χ1) is 14.8. The normalized spacial score (nSPS) is 10.7. The Balaban J connectivity index is 1.53. The quantitative estimate of drug-likeness (QED) is 0.252. The lowest BCUT2D eigenvalue weighted by atomic mass is 10.2. The van der Waals surface area contributed by atoms with Crippen molar-refractivity contribution in [3.05, 3.63) is 58.6 Å². The predicted molar refractivity (Wildman–Crippen MR) is 113 cm³/mol. The number of hydrazine groups is 1. The molecule has 162 valence electrons. The monoisotopic (exact) mass is 512 g/mol. The summed E-state index contributed by atoms with van der Waals surface area (Å²) in [5.74, 6) is 5.21. The average molecular weight is 513 g/mol. The molecule has 0 saturated heterocycles. The van der Waals surface area contributed by atoms with Gasteiger partial charge in [-0.3, -0.25) is 20.4 Å². The zero-order chi connectivity index (χ0) is 22.4. The summed E-state index contributed by atoms with van der Waals surface area (Å²) < 4.78 is 30.7. The topological polar surface area (TPSA) is 124 Å². The third kappa shape index (κ3) is 6.15. The second-order valence-electron chi connectivity index (χ2n) is 5.88. The first-order valence-electron chi connectivity index (χ1n) is 8.57. The van der Waals surface area contributed by atoms with Crippen LogP contribution in [-0.2, 0) is 4.79 Å². The fourth-order valence-electron chi connectivity index (χ4n) is 2.32. The van der Waals surface area contributed by atoms with Crippen LogP contribution in [0.2, 0.25) is 0 Å². The number of nitrogens with zero attached hydrogens (tertiary/aromatic N) is 3. The van der Waals surface area contributed by atoms with Crippen molar-refractivity contribution in [1.82, 2.24) is 25.7 Å². The lowest BCUT2D eigenvalue weighted by molar-refractivity contribution is -0.119. The lowest BCUT2D eigenvalue weighted by Crippen LogP contribution is -2.42. The number of nitrogens with one attached hydrogen (secondary N) is 2. The van der Waals surface area contributed by atoms with Crippen molar-refractivity contribution < 1.29 is 23.1 Å². The van der Waals surface area contributed by atoms with Gasteiger partial charge in [-0.2, -0.15) is 8.78 Å². The first kappa shape index (κ1) is 22.5. The van der Waals surface area contributed by atoms with Gasteiger partial charge in [-0.1, -0.05) is 27.7 Å². The van der Waals surface area contributed by atoms with Crippen molar-refractivity contribution in [2.45, 2.75) is 11.8 Å². The number of nitrogens with two attached hydrogens (primary N) is 1. The SMILES string of the molecule is Nn1c(SCC(=O)NNC(=O)c2ccc(Br)cc2)nnc1-c1ccc(OC(F)F)cc1. The second-order valence-corrected chi connectivity index (χ2v) is 7.74. The average Bonchev–Trinajstić information content (AvgIpc) is 3.11. The van der Waals surface area contributed by atoms with Crippen molar-refractivity contribution >= 4 is 39.5 Å². The van der Waals surface area contributed by atoms with Crippen LogP contribution in [0.3, 0.4) is 0 Å².